The predicted molar refractivity (Wildman–Crippen MR) is 34.7 cm³/mol. The van der Waals surface area contributed by atoms with E-state index in [4.69, 9.17) is 0 Å². The van der Waals surface area contributed by atoms with Crippen molar-refractivity contribution >= 4 is 33.8 Å². The van der Waals surface area contributed by atoms with E-state index in [-0.39, 0.29) is 6.99 Å². The van der Waals surface area contributed by atoms with E-state index < -0.39 is 0 Å². The molecule has 2 atom stereocenters. The molecule has 0 aliphatic carbocycles. The van der Waals surface area contributed by atoms with E-state index in [1.807, 2.05) is 0 Å². The average molecular weight is 129 g/mol. The molecule has 0 nitrogen and oxygen atoms in total. The van der Waals surface area contributed by atoms with Crippen LogP contribution in [0.2, 0.25) is 0 Å². The zero-order valence-corrected chi connectivity index (χ0v) is 6.31. The van der Waals surface area contributed by atoms with Crippen molar-refractivity contribution in [1.82, 2.24) is 0 Å². The highest BCUT2D eigenvalue weighted by Crippen LogP contribution is 2.59. The fourth-order valence-corrected chi connectivity index (χ4v) is 0. The maximum Gasteiger partial charge on any atom is -0.138 e. The molecular formula is H5P4-. The monoisotopic (exact) mass is 129 g/mol. The van der Waals surface area contributed by atoms with Gasteiger partial charge in [0.1, 0.15) is 0 Å². The summed E-state index contributed by atoms with van der Waals surface area (Å²) in [5.41, 5.74) is 0. The van der Waals surface area contributed by atoms with Crippen LogP contribution in [0.5, 0.6) is 0 Å². The zero-order valence-electron chi connectivity index (χ0n) is 2.10. The van der Waals surface area contributed by atoms with Crippen LogP contribution in [0.3, 0.4) is 0 Å². The van der Waals surface area contributed by atoms with Gasteiger partial charge in [-0.3, -0.25) is 0 Å². The van der Waals surface area contributed by atoms with Gasteiger partial charge in [0.25, 0.3) is 0 Å². The Morgan fingerprint density at radius 2 is 1.50 bits per heavy atom. The van der Waals surface area contributed by atoms with E-state index in [9.17, 15) is 0 Å². The molecule has 0 spiro atoms. The van der Waals surface area contributed by atoms with Gasteiger partial charge in [0.05, 0.1) is 0 Å². The molecular weight excluding hydrogens is 124 g/mol. The summed E-state index contributed by atoms with van der Waals surface area (Å²) < 4.78 is 0. The van der Waals surface area contributed by atoms with E-state index in [2.05, 4.69) is 26.8 Å². The molecule has 0 aromatic rings. The maximum atomic E-state index is 3.30. The van der Waals surface area contributed by atoms with Crippen molar-refractivity contribution in [3.8, 4) is 0 Å². The van der Waals surface area contributed by atoms with Gasteiger partial charge in [-0.2, -0.15) is 0 Å². The molecule has 2 unspecified atom stereocenters. The lowest BCUT2D eigenvalue weighted by molar-refractivity contribution is 5.19. The highest BCUT2D eigenvalue weighted by molar-refractivity contribution is 8.65. The number of hydrogen-bond donors (Lipinski definition) is 0. The average Bonchev–Trinajstić information content (AvgIpc) is 0.811. The molecule has 0 aliphatic rings. The molecule has 0 radical (unpaired) electrons. The molecule has 4 heteroatoms. The molecule has 0 saturated heterocycles. The lowest BCUT2D eigenvalue weighted by Gasteiger charge is -1.99. The van der Waals surface area contributed by atoms with Gasteiger partial charge in [-0.1, -0.05) is 0 Å². The lowest BCUT2D eigenvalue weighted by Crippen LogP contribution is -0.870. The molecule has 0 saturated carbocycles. The Morgan fingerprint density at radius 1 is 1.50 bits per heavy atom. The lowest BCUT2D eigenvalue weighted by atomic mass is 29.2. The maximum absolute atomic E-state index is 3.30. The van der Waals surface area contributed by atoms with Crippen LogP contribution in [0.4, 0.5) is 0 Å². The molecule has 0 heterocycles. The molecule has 0 aliphatic heterocycles. The second-order valence-corrected chi connectivity index (χ2v) is 11.0. The van der Waals surface area contributed by atoms with E-state index >= 15 is 0 Å². The third kappa shape index (κ3) is 9.30. The predicted octanol–water partition coefficient (Wildman–Crippen LogP) is 2.11. The third-order valence-corrected chi connectivity index (χ3v) is 0. The van der Waals surface area contributed by atoms with Gasteiger partial charge >= 0.3 is 0 Å². The largest absolute Gasteiger partial charge is 0.518 e. The fraction of sp³-hybridized carbons (Fsp3) is 0. The van der Waals surface area contributed by atoms with E-state index in [0.29, 0.717) is 0 Å². The van der Waals surface area contributed by atoms with Crippen LogP contribution >= 0.6 is 33.8 Å². The van der Waals surface area contributed by atoms with Gasteiger partial charge in [-0.25, -0.2) is 6.99 Å². The van der Waals surface area contributed by atoms with Crippen molar-refractivity contribution in [2.75, 3.05) is 0 Å². The van der Waals surface area contributed by atoms with Crippen molar-refractivity contribution in [3.63, 3.8) is 0 Å². The number of rotatable bonds is 0. The first kappa shape index (κ1) is 5.72. The second kappa shape index (κ2) is 2.93. The van der Waals surface area contributed by atoms with Crippen molar-refractivity contribution < 1.29 is 0 Å². The summed E-state index contributed by atoms with van der Waals surface area (Å²) >= 11 is 0. The van der Waals surface area contributed by atoms with Crippen LogP contribution in [0.1, 0.15) is 0 Å². The molecule has 0 aromatic heterocycles. The third-order valence-electron chi connectivity index (χ3n) is 0. The van der Waals surface area contributed by atoms with Crippen LogP contribution < -0.4 is 0 Å². The first-order valence-electron chi connectivity index (χ1n) is 0.740. The minimum atomic E-state index is 0.0185. The normalized spacial score (nSPS) is 9.00. The highest BCUT2D eigenvalue weighted by Gasteiger charge is 1.49. The Morgan fingerprint density at radius 3 is 1.50 bits per heavy atom. The molecule has 0 N–H and O–H groups in total. The van der Waals surface area contributed by atoms with Crippen molar-refractivity contribution in [2.24, 2.45) is 0 Å². The van der Waals surface area contributed by atoms with E-state index in [0.717, 1.165) is 0 Å². The summed E-state index contributed by atoms with van der Waals surface area (Å²) in [6.07, 6.45) is 0. The Balaban J connectivity index is 2.32. The molecule has 26 valence electrons. The van der Waals surface area contributed by atoms with Gasteiger partial charge in [0.15, 0.2) is 0 Å². The topological polar surface area (TPSA) is 0 Å². The van der Waals surface area contributed by atoms with Gasteiger partial charge in [-0.15, -0.1) is 17.9 Å². The Hall–Kier alpha value is 1.72. The van der Waals surface area contributed by atoms with Gasteiger partial charge < -0.3 is 8.93 Å². The molecule has 4 heavy (non-hydrogen) atoms. The first-order valence-corrected chi connectivity index (χ1v) is 6.66. The van der Waals surface area contributed by atoms with Crippen LogP contribution in [-0.2, 0) is 0 Å². The summed E-state index contributed by atoms with van der Waals surface area (Å²) in [6.45, 7) is 0.0185. The standard InChI is InChI=1S/H5P4/c1-4(2)3/h1H,2-3H2/q-1. The molecule has 0 fully saturated rings. The zero-order chi connectivity index (χ0) is 3.58. The van der Waals surface area contributed by atoms with E-state index in [1.54, 1.807) is 0 Å². The van der Waals surface area contributed by atoms with Crippen LogP contribution in [-0.4, -0.2) is 0 Å². The summed E-state index contributed by atoms with van der Waals surface area (Å²) in [5, 5.41) is 0. The van der Waals surface area contributed by atoms with Crippen molar-refractivity contribution in [2.45, 2.75) is 0 Å². The van der Waals surface area contributed by atoms with E-state index in [1.165, 1.54) is 0 Å². The van der Waals surface area contributed by atoms with Gasteiger partial charge in [0, 0.05) is 0 Å². The molecule has 0 bridgehead atoms. The second-order valence-electron chi connectivity index (χ2n) is 0.407. The number of hydrogen-bond acceptors (Lipinski definition) is 0. The summed E-state index contributed by atoms with van der Waals surface area (Å²) in [6, 6.07) is 0. The Kier molecular flexibility index (Phi) is 4.19. The van der Waals surface area contributed by atoms with Crippen LogP contribution in [0.15, 0.2) is 0 Å². The smallest absolute Gasteiger partial charge is 0.138 e. The van der Waals surface area contributed by atoms with Crippen LogP contribution in [0.25, 0.3) is 0 Å². The summed E-state index contributed by atoms with van der Waals surface area (Å²) in [4.78, 5) is 0. The Bertz CT molecular complexity index is 4.75. The highest BCUT2D eigenvalue weighted by atomic mass is 32.7. The molecule has 0 aromatic carbocycles. The SMILES string of the molecule is [PH-]P(P)P. The van der Waals surface area contributed by atoms with Crippen molar-refractivity contribution in [3.05, 3.63) is 0 Å². The molecule has 0 amide bonds. The quantitative estimate of drug-likeness (QED) is 0.439. The van der Waals surface area contributed by atoms with Crippen LogP contribution in [0, 0.1) is 0 Å². The first-order chi connectivity index (χ1) is 1.73. The molecule has 0 rings (SSSR count). The minimum Gasteiger partial charge on any atom is -0.518 e. The fourth-order valence-electron chi connectivity index (χ4n) is 0. The van der Waals surface area contributed by atoms with Gasteiger partial charge in [0.2, 0.25) is 0 Å². The summed E-state index contributed by atoms with van der Waals surface area (Å²) in [7, 11) is 8.50. The Labute approximate surface area is 34.5 Å². The minimum absolute atomic E-state index is 0.0185. The van der Waals surface area contributed by atoms with Gasteiger partial charge in [-0.05, 0) is 0 Å². The summed E-state index contributed by atoms with van der Waals surface area (Å²) in [5.74, 6) is 0. The van der Waals surface area contributed by atoms with Crippen molar-refractivity contribution in [1.29, 1.82) is 0 Å².